The number of alkyl halides is 2. The number of benzene rings is 1. The van der Waals surface area contributed by atoms with Crippen LogP contribution in [-0.4, -0.2) is 11.7 Å². The van der Waals surface area contributed by atoms with E-state index in [4.69, 9.17) is 5.11 Å². The highest BCUT2D eigenvalue weighted by Gasteiger charge is 2.34. The highest BCUT2D eigenvalue weighted by atomic mass is 19.3. The fourth-order valence-electron chi connectivity index (χ4n) is 2.24. The molecule has 1 rings (SSSR count). The standard InChI is InChI=1S/C15H22F2O/c1-10-8-12(14(3,4)5)9-11(2)13(10)15(16,17)6-7-18/h8-9,18H,6-7H2,1-5H3. The summed E-state index contributed by atoms with van der Waals surface area (Å²) in [6.07, 6.45) is -0.524. The molecule has 1 N–H and O–H groups in total. The Morgan fingerprint density at radius 2 is 1.50 bits per heavy atom. The van der Waals surface area contributed by atoms with E-state index in [0.29, 0.717) is 11.1 Å². The molecule has 0 aromatic heterocycles. The van der Waals surface area contributed by atoms with Crippen LogP contribution >= 0.6 is 0 Å². The van der Waals surface area contributed by atoms with Crippen molar-refractivity contribution >= 4 is 0 Å². The van der Waals surface area contributed by atoms with Crippen LogP contribution in [0.3, 0.4) is 0 Å². The van der Waals surface area contributed by atoms with E-state index in [1.165, 1.54) is 0 Å². The van der Waals surface area contributed by atoms with E-state index in [1.807, 2.05) is 12.1 Å². The summed E-state index contributed by atoms with van der Waals surface area (Å²) in [4.78, 5) is 0. The first-order valence-electron chi connectivity index (χ1n) is 6.20. The van der Waals surface area contributed by atoms with Gasteiger partial charge < -0.3 is 5.11 Å². The number of hydrogen-bond donors (Lipinski definition) is 1. The predicted octanol–water partition coefficient (Wildman–Crippen LogP) is 4.08. The summed E-state index contributed by atoms with van der Waals surface area (Å²) in [6.45, 7) is 9.10. The summed E-state index contributed by atoms with van der Waals surface area (Å²) in [7, 11) is 0. The lowest BCUT2D eigenvalue weighted by Crippen LogP contribution is -2.20. The molecule has 0 aliphatic rings. The Kier molecular flexibility index (Phi) is 4.16. The Balaban J connectivity index is 3.33. The number of rotatable bonds is 3. The number of aryl methyl sites for hydroxylation is 2. The van der Waals surface area contributed by atoms with Crippen LogP contribution in [0.1, 0.15) is 49.4 Å². The van der Waals surface area contributed by atoms with Gasteiger partial charge in [0.15, 0.2) is 0 Å². The van der Waals surface area contributed by atoms with E-state index >= 15 is 0 Å². The highest BCUT2D eigenvalue weighted by molar-refractivity contribution is 5.42. The second-order valence-electron chi connectivity index (χ2n) is 5.91. The van der Waals surface area contributed by atoms with Crippen LogP contribution in [0.5, 0.6) is 0 Å². The average molecular weight is 256 g/mol. The molecule has 3 heteroatoms. The lowest BCUT2D eigenvalue weighted by Gasteiger charge is -2.25. The zero-order valence-corrected chi connectivity index (χ0v) is 11.8. The maximum atomic E-state index is 13.9. The van der Waals surface area contributed by atoms with Crippen molar-refractivity contribution in [2.75, 3.05) is 6.61 Å². The molecule has 18 heavy (non-hydrogen) atoms. The van der Waals surface area contributed by atoms with Crippen LogP contribution in [-0.2, 0) is 11.3 Å². The van der Waals surface area contributed by atoms with Crippen molar-refractivity contribution in [2.24, 2.45) is 0 Å². The van der Waals surface area contributed by atoms with Crippen molar-refractivity contribution < 1.29 is 13.9 Å². The van der Waals surface area contributed by atoms with Crippen LogP contribution in [0, 0.1) is 13.8 Å². The van der Waals surface area contributed by atoms with Gasteiger partial charge in [-0.25, -0.2) is 8.78 Å². The zero-order valence-electron chi connectivity index (χ0n) is 11.8. The summed E-state index contributed by atoms with van der Waals surface area (Å²) in [5, 5.41) is 8.75. The van der Waals surface area contributed by atoms with Crippen LogP contribution in [0.15, 0.2) is 12.1 Å². The lowest BCUT2D eigenvalue weighted by atomic mass is 9.82. The SMILES string of the molecule is Cc1cc(C(C)(C)C)cc(C)c1C(F)(F)CCO. The summed E-state index contributed by atoms with van der Waals surface area (Å²) < 4.78 is 27.9. The largest absolute Gasteiger partial charge is 0.396 e. The maximum Gasteiger partial charge on any atom is 0.275 e. The number of aliphatic hydroxyl groups excluding tert-OH is 1. The number of halogens is 2. The maximum absolute atomic E-state index is 13.9. The molecule has 1 nitrogen and oxygen atoms in total. The molecular formula is C15H22F2O. The van der Waals surface area contributed by atoms with E-state index in [9.17, 15) is 8.78 Å². The van der Waals surface area contributed by atoms with Gasteiger partial charge in [0, 0.05) is 18.6 Å². The third-order valence-electron chi connectivity index (χ3n) is 3.19. The topological polar surface area (TPSA) is 20.2 Å². The molecule has 0 atom stereocenters. The third kappa shape index (κ3) is 3.08. The first-order valence-corrected chi connectivity index (χ1v) is 6.20. The fraction of sp³-hybridized carbons (Fsp3) is 0.600. The molecule has 0 aliphatic heterocycles. The second-order valence-corrected chi connectivity index (χ2v) is 5.91. The van der Waals surface area contributed by atoms with Gasteiger partial charge in [-0.05, 0) is 36.0 Å². The van der Waals surface area contributed by atoms with Crippen LogP contribution in [0.2, 0.25) is 0 Å². The minimum atomic E-state index is -2.96. The Bertz CT molecular complexity index is 408. The van der Waals surface area contributed by atoms with Crippen molar-refractivity contribution in [1.82, 2.24) is 0 Å². The molecule has 0 bridgehead atoms. The molecule has 0 spiro atoms. The van der Waals surface area contributed by atoms with Crippen molar-refractivity contribution in [1.29, 1.82) is 0 Å². The van der Waals surface area contributed by atoms with E-state index in [0.717, 1.165) is 5.56 Å². The summed E-state index contributed by atoms with van der Waals surface area (Å²) in [5.74, 6) is -2.96. The normalized spacial score (nSPS) is 12.9. The van der Waals surface area contributed by atoms with Gasteiger partial charge in [-0.3, -0.25) is 0 Å². The molecule has 0 unspecified atom stereocenters. The van der Waals surface area contributed by atoms with Gasteiger partial charge in [0.25, 0.3) is 5.92 Å². The van der Waals surface area contributed by atoms with Crippen LogP contribution < -0.4 is 0 Å². The minimum Gasteiger partial charge on any atom is -0.396 e. The smallest absolute Gasteiger partial charge is 0.275 e. The monoisotopic (exact) mass is 256 g/mol. The molecule has 0 aliphatic carbocycles. The van der Waals surface area contributed by atoms with Crippen molar-refractivity contribution in [2.45, 2.75) is 52.4 Å². The molecule has 0 fully saturated rings. The predicted molar refractivity (Wildman–Crippen MR) is 70.2 cm³/mol. The van der Waals surface area contributed by atoms with Gasteiger partial charge in [-0.15, -0.1) is 0 Å². The van der Waals surface area contributed by atoms with Gasteiger partial charge in [0.05, 0.1) is 0 Å². The second kappa shape index (κ2) is 4.96. The van der Waals surface area contributed by atoms with Gasteiger partial charge in [-0.1, -0.05) is 32.9 Å². The molecule has 0 heterocycles. The first kappa shape index (κ1) is 15.1. The van der Waals surface area contributed by atoms with E-state index in [1.54, 1.807) is 13.8 Å². The summed E-state index contributed by atoms with van der Waals surface area (Å²) >= 11 is 0. The molecule has 1 aromatic rings. The summed E-state index contributed by atoms with van der Waals surface area (Å²) in [6, 6.07) is 3.65. The van der Waals surface area contributed by atoms with Gasteiger partial charge in [-0.2, -0.15) is 0 Å². The van der Waals surface area contributed by atoms with E-state index in [-0.39, 0.29) is 11.0 Å². The fourth-order valence-corrected chi connectivity index (χ4v) is 2.24. The minimum absolute atomic E-state index is 0.0552. The van der Waals surface area contributed by atoms with Crippen LogP contribution in [0.4, 0.5) is 8.78 Å². The molecule has 0 radical (unpaired) electrons. The van der Waals surface area contributed by atoms with Gasteiger partial charge in [0.1, 0.15) is 0 Å². The highest BCUT2D eigenvalue weighted by Crippen LogP contribution is 2.38. The summed E-state index contributed by atoms with van der Waals surface area (Å²) in [5.41, 5.74) is 2.25. The van der Waals surface area contributed by atoms with E-state index in [2.05, 4.69) is 20.8 Å². The van der Waals surface area contributed by atoms with Gasteiger partial charge in [0.2, 0.25) is 0 Å². The van der Waals surface area contributed by atoms with Crippen molar-refractivity contribution in [3.63, 3.8) is 0 Å². The Hall–Kier alpha value is -0.960. The zero-order chi connectivity index (χ0) is 14.1. The number of aliphatic hydroxyl groups is 1. The van der Waals surface area contributed by atoms with Crippen molar-refractivity contribution in [3.8, 4) is 0 Å². The first-order chi connectivity index (χ1) is 8.09. The molecular weight excluding hydrogens is 234 g/mol. The molecule has 0 amide bonds. The Morgan fingerprint density at radius 3 is 1.83 bits per heavy atom. The third-order valence-corrected chi connectivity index (χ3v) is 3.19. The lowest BCUT2D eigenvalue weighted by molar-refractivity contribution is -0.0280. The number of hydrogen-bond acceptors (Lipinski definition) is 1. The quantitative estimate of drug-likeness (QED) is 0.864. The van der Waals surface area contributed by atoms with Gasteiger partial charge >= 0.3 is 0 Å². The average Bonchev–Trinajstić information content (AvgIpc) is 2.13. The van der Waals surface area contributed by atoms with E-state index < -0.39 is 19.0 Å². The molecule has 1 aromatic carbocycles. The molecule has 0 saturated heterocycles. The Labute approximate surface area is 108 Å². The molecule has 0 saturated carbocycles. The van der Waals surface area contributed by atoms with Crippen LogP contribution in [0.25, 0.3) is 0 Å². The Morgan fingerprint density at radius 1 is 1.06 bits per heavy atom. The van der Waals surface area contributed by atoms with Crippen molar-refractivity contribution in [3.05, 3.63) is 34.4 Å². The molecule has 102 valence electrons.